The monoisotopic (exact) mass is 299 g/mol. The molecular formula is C11H14BrN3S. The summed E-state index contributed by atoms with van der Waals surface area (Å²) in [5.41, 5.74) is 0. The van der Waals surface area contributed by atoms with Gasteiger partial charge in [0, 0.05) is 31.6 Å². The number of aromatic nitrogens is 1. The van der Waals surface area contributed by atoms with Crippen molar-refractivity contribution < 1.29 is 0 Å². The normalized spacial score (nSPS) is 16.1. The standard InChI is InChI=1S/C11H13N3S.BrH/c1-2-4-10-9(3-1)11(13-15-10)14-7-5-12-6-8-14;/h1-4,12H,5-8H2;1H. The van der Waals surface area contributed by atoms with Gasteiger partial charge in [0.05, 0.1) is 4.70 Å². The van der Waals surface area contributed by atoms with Gasteiger partial charge in [-0.25, -0.2) is 0 Å². The predicted molar refractivity (Wildman–Crippen MR) is 75.0 cm³/mol. The Labute approximate surface area is 109 Å². The second-order valence-corrected chi connectivity index (χ2v) is 4.54. The highest BCUT2D eigenvalue weighted by Gasteiger charge is 2.15. The van der Waals surface area contributed by atoms with Crippen LogP contribution < -0.4 is 10.2 Å². The summed E-state index contributed by atoms with van der Waals surface area (Å²) in [6.45, 7) is 4.25. The largest absolute Gasteiger partial charge is 0.353 e. The van der Waals surface area contributed by atoms with Gasteiger partial charge in [0.15, 0.2) is 0 Å². The maximum atomic E-state index is 4.56. The first-order chi connectivity index (χ1) is 7.45. The molecular weight excluding hydrogens is 286 g/mol. The molecule has 5 heteroatoms. The quantitative estimate of drug-likeness (QED) is 0.876. The molecule has 0 saturated carbocycles. The molecule has 0 unspecified atom stereocenters. The second kappa shape index (κ2) is 5.12. The van der Waals surface area contributed by atoms with Crippen molar-refractivity contribution in [3.8, 4) is 0 Å². The average Bonchev–Trinajstić information content (AvgIpc) is 2.74. The fourth-order valence-electron chi connectivity index (χ4n) is 1.98. The minimum atomic E-state index is 0. The fraction of sp³-hybridized carbons (Fsp3) is 0.364. The molecule has 16 heavy (non-hydrogen) atoms. The molecule has 2 heterocycles. The van der Waals surface area contributed by atoms with Crippen LogP contribution in [0.1, 0.15) is 0 Å². The Hall–Kier alpha value is -0.650. The van der Waals surface area contributed by atoms with Crippen molar-refractivity contribution in [2.45, 2.75) is 0 Å². The summed E-state index contributed by atoms with van der Waals surface area (Å²) in [6.07, 6.45) is 0. The molecule has 1 aliphatic rings. The minimum absolute atomic E-state index is 0. The molecule has 86 valence electrons. The molecule has 0 atom stereocenters. The number of nitrogens with one attached hydrogen (secondary N) is 1. The third-order valence-corrected chi connectivity index (χ3v) is 3.59. The molecule has 0 radical (unpaired) electrons. The van der Waals surface area contributed by atoms with Crippen LogP contribution in [0.2, 0.25) is 0 Å². The first-order valence-corrected chi connectivity index (χ1v) is 6.02. The summed E-state index contributed by atoms with van der Waals surface area (Å²) >= 11 is 1.60. The van der Waals surface area contributed by atoms with E-state index in [0.29, 0.717) is 0 Å². The Morgan fingerprint density at radius 1 is 1.19 bits per heavy atom. The van der Waals surface area contributed by atoms with Gasteiger partial charge in [0.1, 0.15) is 5.82 Å². The topological polar surface area (TPSA) is 28.2 Å². The van der Waals surface area contributed by atoms with Gasteiger partial charge in [-0.1, -0.05) is 12.1 Å². The van der Waals surface area contributed by atoms with E-state index in [9.17, 15) is 0 Å². The lowest BCUT2D eigenvalue weighted by atomic mass is 10.2. The molecule has 0 amide bonds. The summed E-state index contributed by atoms with van der Waals surface area (Å²) in [6, 6.07) is 8.46. The lowest BCUT2D eigenvalue weighted by molar-refractivity contribution is 0.587. The lowest BCUT2D eigenvalue weighted by Gasteiger charge is -2.27. The molecule has 1 aliphatic heterocycles. The van der Waals surface area contributed by atoms with Gasteiger partial charge in [-0.15, -0.1) is 17.0 Å². The Kier molecular flexibility index (Phi) is 3.78. The van der Waals surface area contributed by atoms with Crippen molar-refractivity contribution in [2.75, 3.05) is 31.1 Å². The number of rotatable bonds is 1. The molecule has 1 fully saturated rings. The van der Waals surface area contributed by atoms with Gasteiger partial charge in [-0.3, -0.25) is 0 Å². The van der Waals surface area contributed by atoms with Crippen LogP contribution >= 0.6 is 28.5 Å². The van der Waals surface area contributed by atoms with Crippen molar-refractivity contribution in [1.29, 1.82) is 0 Å². The van der Waals surface area contributed by atoms with Crippen molar-refractivity contribution in [1.82, 2.24) is 9.69 Å². The van der Waals surface area contributed by atoms with Crippen LogP contribution in [0.15, 0.2) is 24.3 Å². The second-order valence-electron chi connectivity index (χ2n) is 3.74. The highest BCUT2D eigenvalue weighted by atomic mass is 79.9. The van der Waals surface area contributed by atoms with Gasteiger partial charge in [-0.05, 0) is 23.7 Å². The van der Waals surface area contributed by atoms with Crippen molar-refractivity contribution in [2.24, 2.45) is 0 Å². The lowest BCUT2D eigenvalue weighted by Crippen LogP contribution is -2.43. The number of fused-ring (bicyclic) bond motifs is 1. The summed E-state index contributed by atoms with van der Waals surface area (Å²) in [7, 11) is 0. The minimum Gasteiger partial charge on any atom is -0.353 e. The molecule has 1 N–H and O–H groups in total. The van der Waals surface area contributed by atoms with Crippen LogP contribution in [0.5, 0.6) is 0 Å². The van der Waals surface area contributed by atoms with E-state index >= 15 is 0 Å². The van der Waals surface area contributed by atoms with Crippen LogP contribution in [0.4, 0.5) is 5.82 Å². The predicted octanol–water partition coefficient (Wildman–Crippen LogP) is 2.28. The third kappa shape index (κ3) is 2.07. The SMILES string of the molecule is Br.c1ccc2c(N3CCNCC3)nsc2c1. The molecule has 1 aromatic carbocycles. The highest BCUT2D eigenvalue weighted by molar-refractivity contribution is 8.93. The number of hydrogen-bond acceptors (Lipinski definition) is 4. The average molecular weight is 300 g/mol. The van der Waals surface area contributed by atoms with E-state index in [1.165, 1.54) is 10.1 Å². The molecule has 1 aromatic heterocycles. The van der Waals surface area contributed by atoms with Crippen molar-refractivity contribution in [3.05, 3.63) is 24.3 Å². The van der Waals surface area contributed by atoms with Crippen LogP contribution in [0, 0.1) is 0 Å². The van der Waals surface area contributed by atoms with Gasteiger partial charge in [0.25, 0.3) is 0 Å². The number of benzene rings is 1. The van der Waals surface area contributed by atoms with Crippen molar-refractivity contribution >= 4 is 44.4 Å². The summed E-state index contributed by atoms with van der Waals surface area (Å²) in [5, 5.41) is 4.65. The smallest absolute Gasteiger partial charge is 0.150 e. The van der Waals surface area contributed by atoms with E-state index in [4.69, 9.17) is 0 Å². The highest BCUT2D eigenvalue weighted by Crippen LogP contribution is 2.29. The van der Waals surface area contributed by atoms with Crippen LogP contribution in [0.3, 0.4) is 0 Å². The molecule has 2 aromatic rings. The summed E-state index contributed by atoms with van der Waals surface area (Å²) in [4.78, 5) is 2.37. The zero-order valence-electron chi connectivity index (χ0n) is 8.85. The van der Waals surface area contributed by atoms with E-state index < -0.39 is 0 Å². The molecule has 0 bridgehead atoms. The fourth-order valence-corrected chi connectivity index (χ4v) is 2.77. The van der Waals surface area contributed by atoms with E-state index in [2.05, 4.69) is 38.9 Å². The summed E-state index contributed by atoms with van der Waals surface area (Å²) in [5.74, 6) is 1.16. The zero-order chi connectivity index (χ0) is 10.1. The first kappa shape index (κ1) is 11.8. The Morgan fingerprint density at radius 2 is 1.94 bits per heavy atom. The molecule has 0 aliphatic carbocycles. The number of anilines is 1. The molecule has 3 rings (SSSR count). The van der Waals surface area contributed by atoms with E-state index in [-0.39, 0.29) is 17.0 Å². The third-order valence-electron chi connectivity index (χ3n) is 2.77. The number of nitrogens with zero attached hydrogens (tertiary/aromatic N) is 2. The first-order valence-electron chi connectivity index (χ1n) is 5.25. The van der Waals surface area contributed by atoms with E-state index in [1.54, 1.807) is 11.5 Å². The molecule has 0 spiro atoms. The van der Waals surface area contributed by atoms with E-state index in [1.807, 2.05) is 0 Å². The number of hydrogen-bond donors (Lipinski definition) is 1. The van der Waals surface area contributed by atoms with Gasteiger partial charge >= 0.3 is 0 Å². The van der Waals surface area contributed by atoms with Gasteiger partial charge in [0.2, 0.25) is 0 Å². The van der Waals surface area contributed by atoms with Crippen molar-refractivity contribution in [3.63, 3.8) is 0 Å². The van der Waals surface area contributed by atoms with Gasteiger partial charge < -0.3 is 10.2 Å². The van der Waals surface area contributed by atoms with Crippen LogP contribution in [0.25, 0.3) is 10.1 Å². The van der Waals surface area contributed by atoms with Crippen LogP contribution in [-0.2, 0) is 0 Å². The number of piperazine rings is 1. The van der Waals surface area contributed by atoms with Gasteiger partial charge in [-0.2, -0.15) is 4.37 Å². The van der Waals surface area contributed by atoms with E-state index in [0.717, 1.165) is 32.0 Å². The van der Waals surface area contributed by atoms with Crippen LogP contribution in [-0.4, -0.2) is 30.6 Å². The molecule has 3 nitrogen and oxygen atoms in total. The summed E-state index contributed by atoms with van der Waals surface area (Å²) < 4.78 is 5.84. The maximum absolute atomic E-state index is 4.56. The zero-order valence-corrected chi connectivity index (χ0v) is 11.4. The number of halogens is 1. The Balaban J connectivity index is 0.000000963. The maximum Gasteiger partial charge on any atom is 0.150 e. The Morgan fingerprint density at radius 3 is 2.75 bits per heavy atom. The molecule has 1 saturated heterocycles. The Bertz CT molecular complexity index is 465.